The molecule has 0 saturated heterocycles. The first-order chi connectivity index (χ1) is 15.5. The van der Waals surface area contributed by atoms with Crippen molar-refractivity contribution in [2.75, 3.05) is 17.6 Å². The van der Waals surface area contributed by atoms with Gasteiger partial charge in [0.25, 0.3) is 5.91 Å². The molecule has 0 saturated carbocycles. The molecule has 3 heterocycles. The average molecular weight is 507 g/mol. The van der Waals surface area contributed by atoms with Gasteiger partial charge in [-0.25, -0.2) is 4.98 Å². The number of nitrogens with one attached hydrogen (secondary N) is 1. The van der Waals surface area contributed by atoms with E-state index in [4.69, 9.17) is 10.7 Å². The Morgan fingerprint density at radius 3 is 2.81 bits per heavy atom. The number of nitrogens with zero attached hydrogens (tertiary/aromatic N) is 2. The third kappa shape index (κ3) is 4.16. The number of nitrogen functional groups attached to an aromatic ring is 1. The van der Waals surface area contributed by atoms with Crippen molar-refractivity contribution in [2.24, 2.45) is 0 Å². The lowest BCUT2D eigenvalue weighted by Crippen LogP contribution is -2.30. The van der Waals surface area contributed by atoms with Crippen LogP contribution in [0, 0.1) is 6.92 Å². The summed E-state index contributed by atoms with van der Waals surface area (Å²) in [6, 6.07) is 18.4. The molecule has 3 N–H and O–H groups in total. The van der Waals surface area contributed by atoms with Crippen molar-refractivity contribution in [3.63, 3.8) is 0 Å². The molecule has 1 aliphatic heterocycles. The molecular formula is C25H23BrN4OS. The molecule has 0 bridgehead atoms. The van der Waals surface area contributed by atoms with Crippen molar-refractivity contribution >= 4 is 54.8 Å². The number of carbonyl (C=O) groups is 1. The zero-order valence-electron chi connectivity index (χ0n) is 17.7. The van der Waals surface area contributed by atoms with Gasteiger partial charge in [0.2, 0.25) is 0 Å². The number of hydrogen-bond acceptors (Lipinski definition) is 5. The van der Waals surface area contributed by atoms with Gasteiger partial charge in [-0.1, -0.05) is 46.3 Å². The van der Waals surface area contributed by atoms with Gasteiger partial charge in [-0.3, -0.25) is 9.69 Å². The van der Waals surface area contributed by atoms with Crippen LogP contribution in [-0.4, -0.2) is 22.3 Å². The number of pyridine rings is 1. The van der Waals surface area contributed by atoms with E-state index in [0.717, 1.165) is 57.7 Å². The Labute approximate surface area is 199 Å². The van der Waals surface area contributed by atoms with Crippen LogP contribution in [0.15, 0.2) is 59.1 Å². The van der Waals surface area contributed by atoms with E-state index in [0.29, 0.717) is 10.6 Å². The predicted octanol–water partition coefficient (Wildman–Crippen LogP) is 5.76. The van der Waals surface area contributed by atoms with Crippen LogP contribution in [0.25, 0.3) is 10.2 Å². The fraction of sp³-hybridized carbons (Fsp3) is 0.200. The summed E-state index contributed by atoms with van der Waals surface area (Å²) >= 11 is 4.85. The minimum atomic E-state index is -0.198. The van der Waals surface area contributed by atoms with E-state index in [1.807, 2.05) is 31.2 Å². The lowest BCUT2D eigenvalue weighted by Gasteiger charge is -2.28. The van der Waals surface area contributed by atoms with Crippen molar-refractivity contribution in [3.8, 4) is 0 Å². The zero-order valence-corrected chi connectivity index (χ0v) is 20.1. The zero-order chi connectivity index (χ0) is 22.2. The van der Waals surface area contributed by atoms with E-state index >= 15 is 0 Å². The van der Waals surface area contributed by atoms with Crippen LogP contribution in [-0.2, 0) is 19.5 Å². The summed E-state index contributed by atoms with van der Waals surface area (Å²) in [5, 5.41) is 3.83. The van der Waals surface area contributed by atoms with Crippen LogP contribution in [0.5, 0.6) is 0 Å². The third-order valence-electron chi connectivity index (χ3n) is 5.82. The summed E-state index contributed by atoms with van der Waals surface area (Å²) in [5.74, 6) is -0.198. The summed E-state index contributed by atoms with van der Waals surface area (Å²) in [6.45, 7) is 4.71. The molecule has 0 atom stereocenters. The Kier molecular flexibility index (Phi) is 5.71. The third-order valence-corrected chi connectivity index (χ3v) is 7.82. The van der Waals surface area contributed by atoms with Gasteiger partial charge in [0.15, 0.2) is 0 Å². The molecule has 2 aromatic heterocycles. The molecule has 32 heavy (non-hydrogen) atoms. The number of fused-ring (bicyclic) bond motifs is 2. The number of carbonyl (C=O) groups excluding carboxylic acids is 1. The van der Waals surface area contributed by atoms with Crippen LogP contribution in [0.3, 0.4) is 0 Å². The highest BCUT2D eigenvalue weighted by atomic mass is 79.9. The number of benzene rings is 2. The first-order valence-corrected chi connectivity index (χ1v) is 12.1. The molecule has 4 aromatic rings. The quantitative estimate of drug-likeness (QED) is 0.369. The molecule has 7 heteroatoms. The smallest absolute Gasteiger partial charge is 0.267 e. The molecule has 1 amide bonds. The number of aromatic nitrogens is 1. The summed E-state index contributed by atoms with van der Waals surface area (Å²) in [6.07, 6.45) is 0.898. The van der Waals surface area contributed by atoms with Crippen molar-refractivity contribution in [2.45, 2.75) is 26.4 Å². The Bertz CT molecular complexity index is 1320. The fourth-order valence-corrected chi connectivity index (χ4v) is 5.35. The van der Waals surface area contributed by atoms with Crippen molar-refractivity contribution in [1.29, 1.82) is 0 Å². The van der Waals surface area contributed by atoms with Crippen molar-refractivity contribution < 1.29 is 4.79 Å². The second-order valence-electron chi connectivity index (χ2n) is 8.16. The number of aryl methyl sites for hydroxylation is 1. The molecule has 0 unspecified atom stereocenters. The number of anilines is 2. The Morgan fingerprint density at radius 1 is 1.22 bits per heavy atom. The summed E-state index contributed by atoms with van der Waals surface area (Å²) in [7, 11) is 0. The minimum Gasteiger partial charge on any atom is -0.397 e. The highest BCUT2D eigenvalue weighted by molar-refractivity contribution is 9.10. The number of thiophene rings is 1. The van der Waals surface area contributed by atoms with Crippen molar-refractivity contribution in [1.82, 2.24) is 9.88 Å². The maximum atomic E-state index is 12.9. The average Bonchev–Trinajstić information content (AvgIpc) is 3.11. The van der Waals surface area contributed by atoms with Crippen LogP contribution in [0.2, 0.25) is 0 Å². The molecule has 0 fully saturated rings. The minimum absolute atomic E-state index is 0.198. The van der Waals surface area contributed by atoms with Gasteiger partial charge in [-0.15, -0.1) is 11.3 Å². The molecule has 0 radical (unpaired) electrons. The number of nitrogens with two attached hydrogens (primary N) is 1. The largest absolute Gasteiger partial charge is 0.397 e. The lowest BCUT2D eigenvalue weighted by atomic mass is 10.0. The first kappa shape index (κ1) is 21.1. The summed E-state index contributed by atoms with van der Waals surface area (Å²) in [4.78, 5) is 21.6. The van der Waals surface area contributed by atoms with Gasteiger partial charge >= 0.3 is 0 Å². The number of rotatable bonds is 4. The molecule has 5 nitrogen and oxygen atoms in total. The lowest BCUT2D eigenvalue weighted by molar-refractivity contribution is 0.103. The van der Waals surface area contributed by atoms with E-state index in [1.165, 1.54) is 22.5 Å². The van der Waals surface area contributed by atoms with Gasteiger partial charge in [0.1, 0.15) is 9.71 Å². The van der Waals surface area contributed by atoms with E-state index in [-0.39, 0.29) is 5.91 Å². The van der Waals surface area contributed by atoms with Gasteiger partial charge < -0.3 is 11.1 Å². The Morgan fingerprint density at radius 2 is 2.03 bits per heavy atom. The number of amides is 1. The summed E-state index contributed by atoms with van der Waals surface area (Å²) < 4.78 is 1.01. The molecule has 0 spiro atoms. The highest BCUT2D eigenvalue weighted by Gasteiger charge is 2.23. The molecule has 5 rings (SSSR count). The fourth-order valence-electron chi connectivity index (χ4n) is 4.11. The molecule has 162 valence electrons. The Hall–Kier alpha value is -2.74. The van der Waals surface area contributed by atoms with Crippen LogP contribution >= 0.6 is 27.3 Å². The first-order valence-electron chi connectivity index (χ1n) is 10.5. The standard InChI is InChI=1S/C25H23BrN4OS/c1-15-11-18(7-8-20(15)26)28-24(31)23-22(27)19-12-17-14-30(13-16-5-3-2-4-6-16)10-9-21(17)29-25(19)32-23/h2-8,11-12H,9-10,13-14,27H2,1H3,(H,28,31). The molecule has 2 aromatic carbocycles. The normalized spacial score (nSPS) is 13.8. The highest BCUT2D eigenvalue weighted by Crippen LogP contribution is 2.35. The second kappa shape index (κ2) is 8.65. The van der Waals surface area contributed by atoms with Gasteiger partial charge in [-0.2, -0.15) is 0 Å². The van der Waals surface area contributed by atoms with Gasteiger partial charge in [0.05, 0.1) is 5.69 Å². The number of halogens is 1. The van der Waals surface area contributed by atoms with Crippen LogP contribution in [0.1, 0.15) is 32.1 Å². The maximum Gasteiger partial charge on any atom is 0.267 e. The van der Waals surface area contributed by atoms with Crippen LogP contribution in [0.4, 0.5) is 11.4 Å². The van der Waals surface area contributed by atoms with Crippen LogP contribution < -0.4 is 11.1 Å². The van der Waals surface area contributed by atoms with Crippen molar-refractivity contribution in [3.05, 3.63) is 86.3 Å². The Balaban J connectivity index is 1.39. The number of hydrogen-bond donors (Lipinski definition) is 2. The predicted molar refractivity (Wildman–Crippen MR) is 135 cm³/mol. The topological polar surface area (TPSA) is 71.2 Å². The SMILES string of the molecule is Cc1cc(NC(=O)c2sc3nc4c(cc3c2N)CN(Cc2ccccc2)CC4)ccc1Br. The molecule has 1 aliphatic rings. The van der Waals surface area contributed by atoms with E-state index in [2.05, 4.69) is 56.5 Å². The molecular weight excluding hydrogens is 484 g/mol. The van der Waals surface area contributed by atoms with Gasteiger partial charge in [0, 0.05) is 47.3 Å². The summed E-state index contributed by atoms with van der Waals surface area (Å²) in [5.41, 5.74) is 12.3. The van der Waals surface area contributed by atoms with E-state index in [9.17, 15) is 4.79 Å². The second-order valence-corrected chi connectivity index (χ2v) is 10.0. The van der Waals surface area contributed by atoms with Gasteiger partial charge in [-0.05, 0) is 47.9 Å². The molecule has 0 aliphatic carbocycles. The van der Waals surface area contributed by atoms with E-state index < -0.39 is 0 Å². The maximum absolute atomic E-state index is 12.9. The monoisotopic (exact) mass is 506 g/mol. The van der Waals surface area contributed by atoms with E-state index in [1.54, 1.807) is 0 Å².